The number of Topliss-reactive ketones (excluding diaryl/α,β-unsaturated/α-hetero) is 1. The molecule has 0 amide bonds. The van der Waals surface area contributed by atoms with E-state index < -0.39 is 0 Å². The highest BCUT2D eigenvalue weighted by Crippen LogP contribution is 2.34. The lowest BCUT2D eigenvalue weighted by Crippen LogP contribution is -2.32. The molecule has 0 atom stereocenters. The SMILES string of the molecule is C=CC(=O)C1CCC(C(=O)C(C)(C)C)CC1. The summed E-state index contributed by atoms with van der Waals surface area (Å²) in [7, 11) is 0. The number of hydrogen-bond acceptors (Lipinski definition) is 2. The van der Waals surface area contributed by atoms with Crippen LogP contribution in [0, 0.1) is 17.3 Å². The molecule has 2 nitrogen and oxygen atoms in total. The Kier molecular flexibility index (Phi) is 4.06. The minimum absolute atomic E-state index is 0.113. The summed E-state index contributed by atoms with van der Waals surface area (Å²) in [5.41, 5.74) is -0.250. The van der Waals surface area contributed by atoms with Crippen molar-refractivity contribution in [1.82, 2.24) is 0 Å². The number of hydrogen-bond donors (Lipinski definition) is 0. The smallest absolute Gasteiger partial charge is 0.158 e. The molecule has 0 aromatic rings. The highest BCUT2D eigenvalue weighted by Gasteiger charge is 2.33. The van der Waals surface area contributed by atoms with E-state index in [2.05, 4.69) is 6.58 Å². The van der Waals surface area contributed by atoms with Crippen LogP contribution in [-0.2, 0) is 9.59 Å². The topological polar surface area (TPSA) is 34.1 Å². The third kappa shape index (κ3) is 3.03. The second-order valence-electron chi connectivity index (χ2n) is 5.77. The van der Waals surface area contributed by atoms with E-state index in [1.54, 1.807) is 0 Å². The Labute approximate surface area is 98.1 Å². The summed E-state index contributed by atoms with van der Waals surface area (Å²) in [6, 6.07) is 0. The van der Waals surface area contributed by atoms with Crippen LogP contribution in [0.4, 0.5) is 0 Å². The largest absolute Gasteiger partial charge is 0.299 e. The molecule has 0 aromatic carbocycles. The van der Waals surface area contributed by atoms with Crippen molar-refractivity contribution in [3.8, 4) is 0 Å². The Morgan fingerprint density at radius 1 is 1.06 bits per heavy atom. The fraction of sp³-hybridized carbons (Fsp3) is 0.714. The fourth-order valence-electron chi connectivity index (χ4n) is 2.42. The molecule has 90 valence electrons. The monoisotopic (exact) mass is 222 g/mol. The van der Waals surface area contributed by atoms with E-state index in [4.69, 9.17) is 0 Å². The van der Waals surface area contributed by atoms with Crippen molar-refractivity contribution in [2.75, 3.05) is 0 Å². The van der Waals surface area contributed by atoms with Crippen LogP contribution in [0.15, 0.2) is 12.7 Å². The van der Waals surface area contributed by atoms with Gasteiger partial charge in [-0.05, 0) is 31.8 Å². The standard InChI is InChI=1S/C14H22O2/c1-5-12(15)10-6-8-11(9-7-10)13(16)14(2,3)4/h5,10-11H,1,6-9H2,2-4H3. The second-order valence-corrected chi connectivity index (χ2v) is 5.77. The van der Waals surface area contributed by atoms with Crippen LogP contribution in [-0.4, -0.2) is 11.6 Å². The Hall–Kier alpha value is -0.920. The maximum Gasteiger partial charge on any atom is 0.158 e. The molecule has 16 heavy (non-hydrogen) atoms. The lowest BCUT2D eigenvalue weighted by molar-refractivity contribution is -0.132. The molecule has 0 N–H and O–H groups in total. The zero-order valence-electron chi connectivity index (χ0n) is 10.6. The normalized spacial score (nSPS) is 26.2. The first kappa shape index (κ1) is 13.1. The molecule has 0 spiro atoms. The van der Waals surface area contributed by atoms with Gasteiger partial charge in [0.1, 0.15) is 5.78 Å². The Balaban J connectivity index is 2.52. The van der Waals surface area contributed by atoms with Crippen molar-refractivity contribution in [3.05, 3.63) is 12.7 Å². The van der Waals surface area contributed by atoms with E-state index in [1.807, 2.05) is 20.8 Å². The van der Waals surface area contributed by atoms with Gasteiger partial charge in [0.2, 0.25) is 0 Å². The average Bonchev–Trinajstić information content (AvgIpc) is 2.26. The predicted octanol–water partition coefficient (Wildman–Crippen LogP) is 3.16. The van der Waals surface area contributed by atoms with Crippen molar-refractivity contribution in [1.29, 1.82) is 0 Å². The minimum Gasteiger partial charge on any atom is -0.299 e. The van der Waals surface area contributed by atoms with Crippen molar-refractivity contribution in [2.24, 2.45) is 17.3 Å². The maximum atomic E-state index is 12.1. The summed E-state index contributed by atoms with van der Waals surface area (Å²) in [6.45, 7) is 9.42. The van der Waals surface area contributed by atoms with Crippen LogP contribution in [0.2, 0.25) is 0 Å². The van der Waals surface area contributed by atoms with Gasteiger partial charge in [0, 0.05) is 17.3 Å². The quantitative estimate of drug-likeness (QED) is 0.687. The number of carbonyl (C=O) groups excluding carboxylic acids is 2. The van der Waals surface area contributed by atoms with Crippen molar-refractivity contribution in [2.45, 2.75) is 46.5 Å². The number of rotatable bonds is 3. The number of ketones is 2. The predicted molar refractivity (Wildman–Crippen MR) is 65.1 cm³/mol. The fourth-order valence-corrected chi connectivity index (χ4v) is 2.42. The zero-order valence-corrected chi connectivity index (χ0v) is 10.6. The Bertz CT molecular complexity index is 288. The first-order valence-corrected chi connectivity index (χ1v) is 6.07. The minimum atomic E-state index is -0.250. The second kappa shape index (κ2) is 4.94. The van der Waals surface area contributed by atoms with Gasteiger partial charge in [-0.15, -0.1) is 0 Å². The van der Waals surface area contributed by atoms with Crippen LogP contribution < -0.4 is 0 Å². The summed E-state index contributed by atoms with van der Waals surface area (Å²) in [4.78, 5) is 23.5. The maximum absolute atomic E-state index is 12.1. The van der Waals surface area contributed by atoms with Gasteiger partial charge in [0.05, 0.1) is 0 Å². The molecule has 0 bridgehead atoms. The van der Waals surface area contributed by atoms with Crippen molar-refractivity contribution in [3.63, 3.8) is 0 Å². The van der Waals surface area contributed by atoms with E-state index >= 15 is 0 Å². The molecule has 2 heteroatoms. The van der Waals surface area contributed by atoms with Crippen LogP contribution >= 0.6 is 0 Å². The summed E-state index contributed by atoms with van der Waals surface area (Å²) in [6.07, 6.45) is 4.83. The number of allylic oxidation sites excluding steroid dienone is 1. The zero-order chi connectivity index (χ0) is 12.3. The van der Waals surface area contributed by atoms with Gasteiger partial charge >= 0.3 is 0 Å². The summed E-state index contributed by atoms with van der Waals surface area (Å²) in [5.74, 6) is 0.758. The van der Waals surface area contributed by atoms with Gasteiger partial charge in [-0.3, -0.25) is 9.59 Å². The highest BCUT2D eigenvalue weighted by molar-refractivity contribution is 5.91. The molecule has 1 saturated carbocycles. The summed E-state index contributed by atoms with van der Waals surface area (Å²) >= 11 is 0. The van der Waals surface area contributed by atoms with Crippen LogP contribution in [0.5, 0.6) is 0 Å². The molecule has 0 radical (unpaired) electrons. The van der Waals surface area contributed by atoms with Gasteiger partial charge in [-0.25, -0.2) is 0 Å². The van der Waals surface area contributed by atoms with E-state index in [0.29, 0.717) is 5.78 Å². The van der Waals surface area contributed by atoms with Gasteiger partial charge < -0.3 is 0 Å². The average molecular weight is 222 g/mol. The lowest BCUT2D eigenvalue weighted by Gasteiger charge is -2.30. The lowest BCUT2D eigenvalue weighted by atomic mass is 9.73. The van der Waals surface area contributed by atoms with Gasteiger partial charge in [-0.1, -0.05) is 27.4 Å². The van der Waals surface area contributed by atoms with Crippen molar-refractivity contribution >= 4 is 11.6 Å². The molecule has 1 rings (SSSR count). The van der Waals surface area contributed by atoms with E-state index in [-0.39, 0.29) is 23.0 Å². The van der Waals surface area contributed by atoms with E-state index in [1.165, 1.54) is 6.08 Å². The summed E-state index contributed by atoms with van der Waals surface area (Å²) in [5, 5.41) is 0. The third-order valence-electron chi connectivity index (χ3n) is 3.44. The van der Waals surface area contributed by atoms with Gasteiger partial charge in [-0.2, -0.15) is 0 Å². The Morgan fingerprint density at radius 2 is 1.50 bits per heavy atom. The first-order chi connectivity index (χ1) is 7.36. The highest BCUT2D eigenvalue weighted by atomic mass is 16.1. The van der Waals surface area contributed by atoms with E-state index in [9.17, 15) is 9.59 Å². The molecule has 0 aromatic heterocycles. The van der Waals surface area contributed by atoms with Gasteiger partial charge in [0.25, 0.3) is 0 Å². The number of carbonyl (C=O) groups is 2. The third-order valence-corrected chi connectivity index (χ3v) is 3.44. The summed E-state index contributed by atoms with van der Waals surface area (Å²) < 4.78 is 0. The molecule has 1 aliphatic rings. The van der Waals surface area contributed by atoms with Crippen LogP contribution in [0.1, 0.15) is 46.5 Å². The molecule has 1 fully saturated rings. The van der Waals surface area contributed by atoms with E-state index in [0.717, 1.165) is 25.7 Å². The molecular formula is C14H22O2. The molecule has 1 aliphatic carbocycles. The molecule has 0 heterocycles. The van der Waals surface area contributed by atoms with Crippen LogP contribution in [0.3, 0.4) is 0 Å². The first-order valence-electron chi connectivity index (χ1n) is 6.07. The molecule has 0 aliphatic heterocycles. The molecule has 0 saturated heterocycles. The van der Waals surface area contributed by atoms with Crippen molar-refractivity contribution < 1.29 is 9.59 Å². The van der Waals surface area contributed by atoms with Crippen LogP contribution in [0.25, 0.3) is 0 Å². The van der Waals surface area contributed by atoms with Gasteiger partial charge in [0.15, 0.2) is 5.78 Å². The molecule has 0 unspecified atom stereocenters. The molecular weight excluding hydrogens is 200 g/mol. The Morgan fingerprint density at radius 3 is 1.88 bits per heavy atom.